The third-order valence-electron chi connectivity index (χ3n) is 4.21. The second kappa shape index (κ2) is 8.36. The minimum absolute atomic E-state index is 0. The lowest BCUT2D eigenvalue weighted by atomic mass is 9.90. The second-order valence-electron chi connectivity index (χ2n) is 6.47. The molecular weight excluding hydrogens is 340 g/mol. The zero-order chi connectivity index (χ0) is 17.1. The summed E-state index contributed by atoms with van der Waals surface area (Å²) >= 11 is 0. The summed E-state index contributed by atoms with van der Waals surface area (Å²) in [5.74, 6) is 0.719. The zero-order valence-corrected chi connectivity index (χ0v) is 15.5. The van der Waals surface area contributed by atoms with E-state index in [0.717, 1.165) is 12.1 Å². The van der Waals surface area contributed by atoms with Gasteiger partial charge in [-0.2, -0.15) is 5.10 Å². The van der Waals surface area contributed by atoms with Crippen molar-refractivity contribution in [2.45, 2.75) is 25.9 Å². The first kappa shape index (κ1) is 19.3. The molecule has 2 atom stereocenters. The highest BCUT2D eigenvalue weighted by Gasteiger charge is 2.35. The Morgan fingerprint density at radius 3 is 2.80 bits per heavy atom. The molecular formula is C18H25ClN4O2. The van der Waals surface area contributed by atoms with Crippen LogP contribution < -0.4 is 15.4 Å². The number of nitrogens with zero attached hydrogens (tertiary/aromatic N) is 2. The average Bonchev–Trinajstić information content (AvgIpc) is 3.17. The minimum atomic E-state index is -0.124. The molecule has 1 aliphatic heterocycles. The van der Waals surface area contributed by atoms with Gasteiger partial charge < -0.3 is 15.4 Å². The Morgan fingerprint density at radius 1 is 1.36 bits per heavy atom. The Balaban J connectivity index is 0.00000225. The van der Waals surface area contributed by atoms with E-state index in [9.17, 15) is 4.79 Å². The molecule has 7 heteroatoms. The number of carbonyl (C=O) groups excluding carboxylic acids is 1. The van der Waals surface area contributed by atoms with Crippen molar-refractivity contribution in [3.63, 3.8) is 0 Å². The third-order valence-corrected chi connectivity index (χ3v) is 4.21. The molecule has 1 aromatic heterocycles. The lowest BCUT2D eigenvalue weighted by Crippen LogP contribution is -2.28. The summed E-state index contributed by atoms with van der Waals surface area (Å²) in [4.78, 5) is 12.8. The first-order valence-electron chi connectivity index (χ1n) is 8.30. The van der Waals surface area contributed by atoms with Gasteiger partial charge in [-0.25, -0.2) is 0 Å². The van der Waals surface area contributed by atoms with Gasteiger partial charge in [-0.05, 0) is 31.5 Å². The number of benzene rings is 1. The number of amides is 1. The fraction of sp³-hybridized carbons (Fsp3) is 0.444. The summed E-state index contributed by atoms with van der Waals surface area (Å²) in [7, 11) is 1.89. The molecule has 0 radical (unpaired) electrons. The standard InChI is InChI=1S/C18H24N4O2.ClH/c1-12(2)24-17-7-5-4-6-16(17)21-18(23)15-10-19-9-14(15)13-8-20-22(3)11-13;/h4-8,11-12,14-15,19H,9-10H2,1-3H3,(H,21,23);1H/t14-,15+;/m1./s1. The lowest BCUT2D eigenvalue weighted by Gasteiger charge is -2.19. The molecule has 3 rings (SSSR count). The van der Waals surface area contributed by atoms with Crippen molar-refractivity contribution in [3.05, 3.63) is 42.2 Å². The fourth-order valence-corrected chi connectivity index (χ4v) is 3.09. The molecule has 0 saturated carbocycles. The second-order valence-corrected chi connectivity index (χ2v) is 6.47. The van der Waals surface area contributed by atoms with Crippen LogP contribution in [0.5, 0.6) is 5.75 Å². The summed E-state index contributed by atoms with van der Waals surface area (Å²) in [6, 6.07) is 7.55. The largest absolute Gasteiger partial charge is 0.489 e. The molecule has 0 aliphatic carbocycles. The van der Waals surface area contributed by atoms with Gasteiger partial charge in [-0.3, -0.25) is 9.48 Å². The lowest BCUT2D eigenvalue weighted by molar-refractivity contribution is -0.119. The van der Waals surface area contributed by atoms with Gasteiger partial charge in [0.2, 0.25) is 5.91 Å². The molecule has 2 heterocycles. The summed E-state index contributed by atoms with van der Waals surface area (Å²) < 4.78 is 7.55. The van der Waals surface area contributed by atoms with Gasteiger partial charge in [-0.15, -0.1) is 12.4 Å². The van der Waals surface area contributed by atoms with E-state index in [1.807, 2.05) is 57.6 Å². The first-order valence-corrected chi connectivity index (χ1v) is 8.30. The highest BCUT2D eigenvalue weighted by Crippen LogP contribution is 2.31. The van der Waals surface area contributed by atoms with E-state index >= 15 is 0 Å². The van der Waals surface area contributed by atoms with Crippen molar-refractivity contribution in [2.24, 2.45) is 13.0 Å². The molecule has 136 valence electrons. The number of hydrogen-bond acceptors (Lipinski definition) is 4. The van der Waals surface area contributed by atoms with Crippen molar-refractivity contribution < 1.29 is 9.53 Å². The third kappa shape index (κ3) is 4.52. The molecule has 0 unspecified atom stereocenters. The molecule has 1 saturated heterocycles. The quantitative estimate of drug-likeness (QED) is 0.855. The Hall–Kier alpha value is -2.05. The first-order chi connectivity index (χ1) is 11.5. The Bertz CT molecular complexity index is 717. The molecule has 25 heavy (non-hydrogen) atoms. The van der Waals surface area contributed by atoms with Gasteiger partial charge in [0.05, 0.1) is 23.9 Å². The van der Waals surface area contributed by atoms with Gasteiger partial charge in [0, 0.05) is 32.3 Å². The molecule has 1 fully saturated rings. The summed E-state index contributed by atoms with van der Waals surface area (Å²) in [6.07, 6.45) is 3.88. The van der Waals surface area contributed by atoms with Crippen LogP contribution in [0.15, 0.2) is 36.7 Å². The highest BCUT2D eigenvalue weighted by atomic mass is 35.5. The Morgan fingerprint density at radius 2 is 2.12 bits per heavy atom. The number of aromatic nitrogens is 2. The van der Waals surface area contributed by atoms with Gasteiger partial charge >= 0.3 is 0 Å². The predicted molar refractivity (Wildman–Crippen MR) is 100 cm³/mol. The Kier molecular flexibility index (Phi) is 6.45. The number of nitrogens with one attached hydrogen (secondary N) is 2. The summed E-state index contributed by atoms with van der Waals surface area (Å²) in [6.45, 7) is 5.39. The number of ether oxygens (including phenoxy) is 1. The fourth-order valence-electron chi connectivity index (χ4n) is 3.09. The van der Waals surface area contributed by atoms with E-state index in [-0.39, 0.29) is 36.3 Å². The van der Waals surface area contributed by atoms with Crippen LogP contribution in [-0.2, 0) is 11.8 Å². The monoisotopic (exact) mass is 364 g/mol. The zero-order valence-electron chi connectivity index (χ0n) is 14.7. The van der Waals surface area contributed by atoms with E-state index < -0.39 is 0 Å². The number of para-hydroxylation sites is 2. The number of halogens is 1. The molecule has 6 nitrogen and oxygen atoms in total. The smallest absolute Gasteiger partial charge is 0.229 e. The topological polar surface area (TPSA) is 68.2 Å². The van der Waals surface area contributed by atoms with Gasteiger partial charge in [0.15, 0.2) is 0 Å². The molecule has 2 aromatic rings. The number of carbonyl (C=O) groups is 1. The van der Waals surface area contributed by atoms with Crippen LogP contribution in [-0.4, -0.2) is 34.9 Å². The number of anilines is 1. The van der Waals surface area contributed by atoms with Crippen LogP contribution in [0.4, 0.5) is 5.69 Å². The van der Waals surface area contributed by atoms with Crippen LogP contribution in [0.25, 0.3) is 0 Å². The van der Waals surface area contributed by atoms with Crippen molar-refractivity contribution in [1.82, 2.24) is 15.1 Å². The van der Waals surface area contributed by atoms with Crippen LogP contribution in [0.1, 0.15) is 25.3 Å². The Labute approximate surface area is 154 Å². The average molecular weight is 365 g/mol. The van der Waals surface area contributed by atoms with Gasteiger partial charge in [0.1, 0.15) is 5.75 Å². The number of rotatable bonds is 5. The highest BCUT2D eigenvalue weighted by molar-refractivity contribution is 5.95. The van der Waals surface area contributed by atoms with Crippen LogP contribution in [0.2, 0.25) is 0 Å². The van der Waals surface area contributed by atoms with E-state index in [1.165, 1.54) is 0 Å². The van der Waals surface area contributed by atoms with E-state index in [0.29, 0.717) is 18.0 Å². The molecule has 2 N–H and O–H groups in total. The normalized spacial score (nSPS) is 19.5. The van der Waals surface area contributed by atoms with E-state index in [4.69, 9.17) is 4.74 Å². The maximum Gasteiger partial charge on any atom is 0.229 e. The van der Waals surface area contributed by atoms with Crippen molar-refractivity contribution in [3.8, 4) is 5.75 Å². The van der Waals surface area contributed by atoms with Crippen molar-refractivity contribution in [1.29, 1.82) is 0 Å². The number of aryl methyl sites for hydroxylation is 1. The van der Waals surface area contributed by atoms with Crippen LogP contribution in [0, 0.1) is 5.92 Å². The number of hydrogen-bond donors (Lipinski definition) is 2. The molecule has 1 aliphatic rings. The van der Waals surface area contributed by atoms with E-state index in [2.05, 4.69) is 15.7 Å². The summed E-state index contributed by atoms with van der Waals surface area (Å²) in [5, 5.41) is 10.6. The van der Waals surface area contributed by atoms with Gasteiger partial charge in [0.25, 0.3) is 0 Å². The molecule has 1 aromatic carbocycles. The molecule has 1 amide bonds. The predicted octanol–water partition coefficient (Wildman–Crippen LogP) is 2.57. The van der Waals surface area contributed by atoms with Crippen LogP contribution in [0.3, 0.4) is 0 Å². The van der Waals surface area contributed by atoms with E-state index in [1.54, 1.807) is 4.68 Å². The summed E-state index contributed by atoms with van der Waals surface area (Å²) in [5.41, 5.74) is 1.81. The molecule has 0 spiro atoms. The SMILES string of the molecule is CC(C)Oc1ccccc1NC(=O)[C@H]1CNC[C@@H]1c1cnn(C)c1.Cl. The molecule has 0 bridgehead atoms. The maximum atomic E-state index is 12.8. The van der Waals surface area contributed by atoms with Crippen molar-refractivity contribution >= 4 is 24.0 Å². The maximum absolute atomic E-state index is 12.8. The van der Waals surface area contributed by atoms with Crippen molar-refractivity contribution in [2.75, 3.05) is 18.4 Å². The van der Waals surface area contributed by atoms with Gasteiger partial charge in [-0.1, -0.05) is 12.1 Å². The van der Waals surface area contributed by atoms with Crippen LogP contribution >= 0.6 is 12.4 Å². The minimum Gasteiger partial charge on any atom is -0.489 e.